The smallest absolute Gasteiger partial charge is 0.242 e. The number of halogens is 2. The molecule has 2 aromatic carbocycles. The Morgan fingerprint density at radius 2 is 1.80 bits per heavy atom. The van der Waals surface area contributed by atoms with E-state index >= 15 is 0 Å². The number of carbonyl (C=O) groups is 2. The zero-order chi connectivity index (χ0) is 26.2. The molecular formula is C24H31Cl2N3O5S. The van der Waals surface area contributed by atoms with E-state index in [0.29, 0.717) is 28.0 Å². The normalized spacial score (nSPS) is 12.1. The van der Waals surface area contributed by atoms with Gasteiger partial charge in [-0.15, -0.1) is 0 Å². The molecule has 0 bridgehead atoms. The number of anilines is 1. The summed E-state index contributed by atoms with van der Waals surface area (Å²) in [5.74, 6) is -0.161. The molecule has 1 atom stereocenters. The van der Waals surface area contributed by atoms with Crippen molar-refractivity contribution in [3.8, 4) is 5.75 Å². The first-order chi connectivity index (χ1) is 16.5. The summed E-state index contributed by atoms with van der Waals surface area (Å²) >= 11 is 12.1. The lowest BCUT2D eigenvalue weighted by molar-refractivity contribution is -0.140. The Kier molecular flexibility index (Phi) is 10.7. The van der Waals surface area contributed by atoms with Crippen molar-refractivity contribution in [1.82, 2.24) is 10.2 Å². The van der Waals surface area contributed by atoms with Gasteiger partial charge in [0.05, 0.1) is 29.1 Å². The van der Waals surface area contributed by atoms with Crippen LogP contribution in [0.2, 0.25) is 10.0 Å². The van der Waals surface area contributed by atoms with E-state index < -0.39 is 16.1 Å². The third-order valence-electron chi connectivity index (χ3n) is 5.36. The van der Waals surface area contributed by atoms with Crippen LogP contribution in [-0.4, -0.2) is 57.6 Å². The molecule has 0 radical (unpaired) electrons. The number of ether oxygens (including phenoxy) is 1. The van der Waals surface area contributed by atoms with Crippen molar-refractivity contribution >= 4 is 50.7 Å². The van der Waals surface area contributed by atoms with Crippen LogP contribution in [-0.2, 0) is 26.2 Å². The zero-order valence-corrected chi connectivity index (χ0v) is 22.6. The molecule has 0 saturated carbocycles. The molecule has 35 heavy (non-hydrogen) atoms. The van der Waals surface area contributed by atoms with Gasteiger partial charge in [-0.05, 0) is 50.1 Å². The van der Waals surface area contributed by atoms with Gasteiger partial charge in [0.2, 0.25) is 21.8 Å². The number of benzene rings is 2. The Labute approximate surface area is 217 Å². The van der Waals surface area contributed by atoms with Crippen LogP contribution in [0.25, 0.3) is 0 Å². The monoisotopic (exact) mass is 543 g/mol. The van der Waals surface area contributed by atoms with Crippen LogP contribution in [0.15, 0.2) is 42.5 Å². The minimum atomic E-state index is -3.63. The number of hydrogen-bond acceptors (Lipinski definition) is 5. The number of rotatable bonds is 12. The summed E-state index contributed by atoms with van der Waals surface area (Å²) in [5.41, 5.74) is 1.11. The van der Waals surface area contributed by atoms with E-state index in [-0.39, 0.29) is 37.7 Å². The topological polar surface area (TPSA) is 96.0 Å². The van der Waals surface area contributed by atoms with Crippen molar-refractivity contribution in [3.05, 3.63) is 58.1 Å². The van der Waals surface area contributed by atoms with Gasteiger partial charge < -0.3 is 15.0 Å². The third kappa shape index (κ3) is 8.02. The lowest BCUT2D eigenvalue weighted by Gasteiger charge is -2.29. The summed E-state index contributed by atoms with van der Waals surface area (Å²) in [5, 5.41) is 3.47. The van der Waals surface area contributed by atoms with E-state index in [1.54, 1.807) is 56.3 Å². The second-order valence-electron chi connectivity index (χ2n) is 7.95. The summed E-state index contributed by atoms with van der Waals surface area (Å²) in [6.07, 6.45) is 1.38. The van der Waals surface area contributed by atoms with Crippen LogP contribution in [0.3, 0.4) is 0 Å². The van der Waals surface area contributed by atoms with Gasteiger partial charge >= 0.3 is 0 Å². The maximum absolute atomic E-state index is 13.2. The molecule has 0 heterocycles. The van der Waals surface area contributed by atoms with E-state index in [2.05, 4.69) is 5.32 Å². The SMILES string of the molecule is CCNC(=O)[C@@H](C)N(Cc1ccc(Cl)c(Cl)c1)C(=O)CCCN(c1ccccc1OC)S(C)(=O)=O. The van der Waals surface area contributed by atoms with Gasteiger partial charge in [-0.25, -0.2) is 8.42 Å². The van der Waals surface area contributed by atoms with Crippen LogP contribution < -0.4 is 14.4 Å². The first-order valence-electron chi connectivity index (χ1n) is 11.1. The van der Waals surface area contributed by atoms with E-state index in [1.807, 2.05) is 0 Å². The predicted octanol–water partition coefficient (Wildman–Crippen LogP) is 4.10. The summed E-state index contributed by atoms with van der Waals surface area (Å²) < 4.78 is 31.5. The minimum Gasteiger partial charge on any atom is -0.495 e. The van der Waals surface area contributed by atoms with E-state index in [9.17, 15) is 18.0 Å². The number of likely N-dealkylation sites (N-methyl/N-ethyl adjacent to an activating group) is 1. The molecule has 0 aromatic heterocycles. The largest absolute Gasteiger partial charge is 0.495 e. The molecule has 0 saturated heterocycles. The Balaban J connectivity index is 2.21. The quantitative estimate of drug-likeness (QED) is 0.434. The number of amides is 2. The molecule has 0 spiro atoms. The highest BCUT2D eigenvalue weighted by atomic mass is 35.5. The van der Waals surface area contributed by atoms with Crippen LogP contribution in [0.5, 0.6) is 5.75 Å². The van der Waals surface area contributed by atoms with Gasteiger partial charge in [-0.1, -0.05) is 41.4 Å². The number of nitrogens with zero attached hydrogens (tertiary/aromatic N) is 2. The Hall–Kier alpha value is -2.49. The van der Waals surface area contributed by atoms with Gasteiger partial charge in [-0.2, -0.15) is 0 Å². The van der Waals surface area contributed by atoms with Crippen molar-refractivity contribution < 1.29 is 22.7 Å². The molecule has 2 rings (SSSR count). The van der Waals surface area contributed by atoms with Crippen molar-refractivity contribution in [1.29, 1.82) is 0 Å². The average Bonchev–Trinajstić information content (AvgIpc) is 2.81. The zero-order valence-electron chi connectivity index (χ0n) is 20.3. The fourth-order valence-corrected chi connectivity index (χ4v) is 4.85. The molecule has 0 aliphatic rings. The highest BCUT2D eigenvalue weighted by Gasteiger charge is 2.27. The third-order valence-corrected chi connectivity index (χ3v) is 7.28. The fourth-order valence-electron chi connectivity index (χ4n) is 3.56. The molecule has 2 amide bonds. The molecule has 2 aromatic rings. The van der Waals surface area contributed by atoms with E-state index in [0.717, 1.165) is 11.8 Å². The number of nitrogens with one attached hydrogen (secondary N) is 1. The summed E-state index contributed by atoms with van der Waals surface area (Å²) in [6, 6.07) is 11.1. The van der Waals surface area contributed by atoms with Crippen LogP contribution in [0.1, 0.15) is 32.3 Å². The van der Waals surface area contributed by atoms with Gasteiger partial charge in [0, 0.05) is 26.1 Å². The highest BCUT2D eigenvalue weighted by Crippen LogP contribution is 2.30. The lowest BCUT2D eigenvalue weighted by Crippen LogP contribution is -2.47. The van der Waals surface area contributed by atoms with Gasteiger partial charge in [0.25, 0.3) is 0 Å². The Morgan fingerprint density at radius 3 is 2.40 bits per heavy atom. The molecule has 11 heteroatoms. The Morgan fingerprint density at radius 1 is 1.11 bits per heavy atom. The number of sulfonamides is 1. The van der Waals surface area contributed by atoms with Gasteiger partial charge in [-0.3, -0.25) is 13.9 Å². The van der Waals surface area contributed by atoms with Crippen molar-refractivity contribution in [2.45, 2.75) is 39.3 Å². The molecule has 0 aliphatic heterocycles. The van der Waals surface area contributed by atoms with Crippen molar-refractivity contribution in [2.24, 2.45) is 0 Å². The molecule has 0 unspecified atom stereocenters. The fraction of sp³-hybridized carbons (Fsp3) is 0.417. The van der Waals surface area contributed by atoms with Crippen LogP contribution in [0.4, 0.5) is 5.69 Å². The average molecular weight is 545 g/mol. The van der Waals surface area contributed by atoms with E-state index in [1.165, 1.54) is 16.3 Å². The summed E-state index contributed by atoms with van der Waals surface area (Å²) in [4.78, 5) is 27.2. The van der Waals surface area contributed by atoms with Gasteiger partial charge in [0.15, 0.2) is 0 Å². The molecule has 192 valence electrons. The summed E-state index contributed by atoms with van der Waals surface area (Å²) in [6.45, 7) is 4.10. The summed E-state index contributed by atoms with van der Waals surface area (Å²) in [7, 11) is -2.16. The van der Waals surface area contributed by atoms with Crippen LogP contribution >= 0.6 is 23.2 Å². The van der Waals surface area contributed by atoms with Crippen LogP contribution in [0, 0.1) is 0 Å². The van der Waals surface area contributed by atoms with Crippen molar-refractivity contribution in [3.63, 3.8) is 0 Å². The molecular weight excluding hydrogens is 513 g/mol. The standard InChI is InChI=1S/C24H31Cl2N3O5S/c1-5-27-24(31)17(2)28(16-18-12-13-19(25)20(26)15-18)23(30)11-8-14-29(35(4,32)33)21-9-6-7-10-22(21)34-3/h6-7,9-10,12-13,15,17H,5,8,11,14,16H2,1-4H3,(H,27,31)/t17-/m1/s1. The number of hydrogen-bond donors (Lipinski definition) is 1. The maximum atomic E-state index is 13.2. The molecule has 1 N–H and O–H groups in total. The minimum absolute atomic E-state index is 0.0340. The number of methoxy groups -OCH3 is 1. The second-order valence-corrected chi connectivity index (χ2v) is 10.7. The van der Waals surface area contributed by atoms with E-state index in [4.69, 9.17) is 27.9 Å². The second kappa shape index (κ2) is 13.0. The maximum Gasteiger partial charge on any atom is 0.242 e. The number of carbonyl (C=O) groups excluding carboxylic acids is 2. The Bertz CT molecular complexity index is 1140. The molecule has 0 fully saturated rings. The first kappa shape index (κ1) is 28.7. The molecule has 0 aliphatic carbocycles. The molecule has 8 nitrogen and oxygen atoms in total. The van der Waals surface area contributed by atoms with Crippen molar-refractivity contribution in [2.75, 3.05) is 30.8 Å². The highest BCUT2D eigenvalue weighted by molar-refractivity contribution is 7.92. The van der Waals surface area contributed by atoms with Gasteiger partial charge in [0.1, 0.15) is 11.8 Å². The predicted molar refractivity (Wildman–Crippen MR) is 140 cm³/mol. The first-order valence-corrected chi connectivity index (χ1v) is 13.7. The lowest BCUT2D eigenvalue weighted by atomic mass is 10.1. The number of para-hydroxylation sites is 2.